The largest absolute Gasteiger partial charge is 0.481 e. The topological polar surface area (TPSA) is 47.6 Å². The minimum Gasteiger partial charge on any atom is -0.481 e. The number of hydrogen-bond donors (Lipinski definition) is 1. The minimum absolute atomic E-state index is 0.0959. The van der Waals surface area contributed by atoms with Crippen molar-refractivity contribution in [2.75, 3.05) is 19.8 Å². The van der Waals surface area contributed by atoms with E-state index in [0.717, 1.165) is 17.7 Å². The Morgan fingerprint density at radius 2 is 2.10 bits per heavy atom. The fraction of sp³-hybridized carbons (Fsp3) is 0.562. The summed E-state index contributed by atoms with van der Waals surface area (Å²) in [6, 6.07) is 5.93. The van der Waals surface area contributed by atoms with Gasteiger partial charge in [-0.3, -0.25) is 4.79 Å². The van der Waals surface area contributed by atoms with E-state index in [9.17, 15) is 4.79 Å². The number of carbonyl (C=O) groups excluding carboxylic acids is 1. The SMILES string of the molecule is CCOCCCNC(=O)[C@@H](C)Oc1ccc(C)cc1C. The zero-order chi connectivity index (χ0) is 15.0. The van der Waals surface area contributed by atoms with Crippen LogP contribution in [0, 0.1) is 13.8 Å². The maximum absolute atomic E-state index is 11.9. The van der Waals surface area contributed by atoms with Crippen LogP contribution in [0.3, 0.4) is 0 Å². The molecule has 4 heteroatoms. The highest BCUT2D eigenvalue weighted by molar-refractivity contribution is 5.80. The Bertz CT molecular complexity index is 432. The summed E-state index contributed by atoms with van der Waals surface area (Å²) in [5.41, 5.74) is 2.23. The average Bonchev–Trinajstić information content (AvgIpc) is 2.41. The molecule has 1 amide bonds. The normalized spacial score (nSPS) is 12.0. The summed E-state index contributed by atoms with van der Waals surface area (Å²) in [5, 5.41) is 2.85. The molecule has 1 N–H and O–H groups in total. The van der Waals surface area contributed by atoms with Crippen molar-refractivity contribution in [3.63, 3.8) is 0 Å². The van der Waals surface area contributed by atoms with Crippen LogP contribution in [0.1, 0.15) is 31.4 Å². The Hall–Kier alpha value is -1.55. The monoisotopic (exact) mass is 279 g/mol. The molecule has 0 aromatic heterocycles. The molecule has 0 saturated heterocycles. The molecule has 0 fully saturated rings. The molecule has 0 aliphatic rings. The van der Waals surface area contributed by atoms with Gasteiger partial charge in [0.15, 0.2) is 6.10 Å². The van der Waals surface area contributed by atoms with Gasteiger partial charge in [-0.25, -0.2) is 0 Å². The second-order valence-electron chi connectivity index (χ2n) is 4.87. The highest BCUT2D eigenvalue weighted by Crippen LogP contribution is 2.19. The van der Waals surface area contributed by atoms with E-state index in [2.05, 4.69) is 5.32 Å². The van der Waals surface area contributed by atoms with Crippen LogP contribution >= 0.6 is 0 Å². The molecule has 0 bridgehead atoms. The summed E-state index contributed by atoms with van der Waals surface area (Å²) >= 11 is 0. The first kappa shape index (κ1) is 16.5. The molecule has 0 spiro atoms. The van der Waals surface area contributed by atoms with Gasteiger partial charge in [0.25, 0.3) is 5.91 Å². The lowest BCUT2D eigenvalue weighted by Crippen LogP contribution is -2.37. The van der Waals surface area contributed by atoms with E-state index in [1.807, 2.05) is 39.0 Å². The third-order valence-electron chi connectivity index (χ3n) is 2.97. The molecule has 1 aromatic carbocycles. The van der Waals surface area contributed by atoms with Gasteiger partial charge >= 0.3 is 0 Å². The van der Waals surface area contributed by atoms with Crippen molar-refractivity contribution in [2.24, 2.45) is 0 Å². The van der Waals surface area contributed by atoms with Crippen molar-refractivity contribution in [2.45, 2.75) is 40.2 Å². The lowest BCUT2D eigenvalue weighted by Gasteiger charge is -2.16. The van der Waals surface area contributed by atoms with Crippen molar-refractivity contribution < 1.29 is 14.3 Å². The van der Waals surface area contributed by atoms with E-state index in [1.54, 1.807) is 6.92 Å². The molecule has 112 valence electrons. The number of amides is 1. The summed E-state index contributed by atoms with van der Waals surface area (Å²) in [6.07, 6.45) is 0.319. The molecule has 1 aromatic rings. The van der Waals surface area contributed by atoms with Crippen LogP contribution in [0.25, 0.3) is 0 Å². The maximum atomic E-state index is 11.9. The molecule has 0 radical (unpaired) electrons. The van der Waals surface area contributed by atoms with Gasteiger partial charge in [0.05, 0.1) is 0 Å². The van der Waals surface area contributed by atoms with Crippen molar-refractivity contribution >= 4 is 5.91 Å². The van der Waals surface area contributed by atoms with Gasteiger partial charge in [0, 0.05) is 19.8 Å². The van der Waals surface area contributed by atoms with E-state index in [-0.39, 0.29) is 5.91 Å². The smallest absolute Gasteiger partial charge is 0.260 e. The van der Waals surface area contributed by atoms with Gasteiger partial charge in [0.1, 0.15) is 5.75 Å². The van der Waals surface area contributed by atoms with Crippen LogP contribution in [0.2, 0.25) is 0 Å². The molecule has 0 unspecified atom stereocenters. The van der Waals surface area contributed by atoms with Gasteiger partial charge in [-0.05, 0) is 45.7 Å². The minimum atomic E-state index is -0.497. The van der Waals surface area contributed by atoms with E-state index in [4.69, 9.17) is 9.47 Å². The van der Waals surface area contributed by atoms with Crippen molar-refractivity contribution in [3.8, 4) is 5.75 Å². The lowest BCUT2D eigenvalue weighted by atomic mass is 10.1. The van der Waals surface area contributed by atoms with Crippen LogP contribution in [0.4, 0.5) is 0 Å². The van der Waals surface area contributed by atoms with Crippen molar-refractivity contribution in [1.29, 1.82) is 0 Å². The third-order valence-corrected chi connectivity index (χ3v) is 2.97. The van der Waals surface area contributed by atoms with E-state index in [1.165, 1.54) is 5.56 Å². The summed E-state index contributed by atoms with van der Waals surface area (Å²) < 4.78 is 10.9. The molecule has 0 saturated carbocycles. The number of ether oxygens (including phenoxy) is 2. The first-order chi connectivity index (χ1) is 9.54. The maximum Gasteiger partial charge on any atom is 0.260 e. The molecular formula is C16H25NO3. The first-order valence-electron chi connectivity index (χ1n) is 7.14. The Morgan fingerprint density at radius 3 is 2.75 bits per heavy atom. The van der Waals surface area contributed by atoms with Gasteiger partial charge < -0.3 is 14.8 Å². The van der Waals surface area contributed by atoms with Crippen molar-refractivity contribution in [3.05, 3.63) is 29.3 Å². The number of aryl methyl sites for hydroxylation is 2. The second kappa shape index (κ2) is 8.59. The van der Waals surface area contributed by atoms with Crippen LogP contribution < -0.4 is 10.1 Å². The molecule has 0 aliphatic carbocycles. The molecule has 1 rings (SSSR count). The number of nitrogens with one attached hydrogen (secondary N) is 1. The van der Waals surface area contributed by atoms with Gasteiger partial charge in [-0.1, -0.05) is 17.7 Å². The highest BCUT2D eigenvalue weighted by Gasteiger charge is 2.14. The lowest BCUT2D eigenvalue weighted by molar-refractivity contribution is -0.127. The van der Waals surface area contributed by atoms with Gasteiger partial charge in [0.2, 0.25) is 0 Å². The average molecular weight is 279 g/mol. The summed E-state index contributed by atoms with van der Waals surface area (Å²) in [6.45, 7) is 9.72. The predicted octanol–water partition coefficient (Wildman–Crippen LogP) is 2.61. The summed E-state index contributed by atoms with van der Waals surface area (Å²) in [4.78, 5) is 11.9. The van der Waals surface area contributed by atoms with E-state index >= 15 is 0 Å². The molecule has 1 atom stereocenters. The standard InChI is InChI=1S/C16H25NO3/c1-5-19-10-6-9-17-16(18)14(4)20-15-8-7-12(2)11-13(15)3/h7-8,11,14H,5-6,9-10H2,1-4H3,(H,17,18)/t14-/m1/s1. The summed E-state index contributed by atoms with van der Waals surface area (Å²) in [7, 11) is 0. The van der Waals surface area contributed by atoms with Crippen LogP contribution in [-0.2, 0) is 9.53 Å². The fourth-order valence-corrected chi connectivity index (χ4v) is 1.85. The molecule has 0 aliphatic heterocycles. The Labute approximate surface area is 121 Å². The zero-order valence-corrected chi connectivity index (χ0v) is 12.9. The zero-order valence-electron chi connectivity index (χ0n) is 12.9. The molecular weight excluding hydrogens is 254 g/mol. The second-order valence-corrected chi connectivity index (χ2v) is 4.87. The van der Waals surface area contributed by atoms with Gasteiger partial charge in [-0.15, -0.1) is 0 Å². The quantitative estimate of drug-likeness (QED) is 0.744. The number of rotatable bonds is 8. The van der Waals surface area contributed by atoms with E-state index in [0.29, 0.717) is 19.8 Å². The predicted molar refractivity (Wildman–Crippen MR) is 80.1 cm³/mol. The number of benzene rings is 1. The van der Waals surface area contributed by atoms with Crippen LogP contribution in [-0.4, -0.2) is 31.8 Å². The Balaban J connectivity index is 2.37. The van der Waals surface area contributed by atoms with E-state index < -0.39 is 6.10 Å². The highest BCUT2D eigenvalue weighted by atomic mass is 16.5. The first-order valence-corrected chi connectivity index (χ1v) is 7.14. The van der Waals surface area contributed by atoms with Gasteiger partial charge in [-0.2, -0.15) is 0 Å². The number of carbonyl (C=O) groups is 1. The Morgan fingerprint density at radius 1 is 1.35 bits per heavy atom. The Kier molecular flexibility index (Phi) is 7.09. The molecule has 0 heterocycles. The summed E-state index contributed by atoms with van der Waals surface area (Å²) in [5.74, 6) is 0.661. The van der Waals surface area contributed by atoms with Crippen LogP contribution in [0.15, 0.2) is 18.2 Å². The molecule has 20 heavy (non-hydrogen) atoms. The third kappa shape index (κ3) is 5.61. The van der Waals surface area contributed by atoms with Crippen molar-refractivity contribution in [1.82, 2.24) is 5.32 Å². The van der Waals surface area contributed by atoms with Crippen LogP contribution in [0.5, 0.6) is 5.75 Å². The fourth-order valence-electron chi connectivity index (χ4n) is 1.85. The molecule has 4 nitrogen and oxygen atoms in total. The number of hydrogen-bond acceptors (Lipinski definition) is 3.